The molecular formula is C13H24. The van der Waals surface area contributed by atoms with Crippen LogP contribution in [-0.4, -0.2) is 0 Å². The van der Waals surface area contributed by atoms with Crippen molar-refractivity contribution in [2.24, 2.45) is 11.8 Å². The highest BCUT2D eigenvalue weighted by Gasteiger charge is 1.98. The Hall–Kier alpha value is -0.480. The van der Waals surface area contributed by atoms with Crippen LogP contribution in [0, 0.1) is 11.8 Å². The van der Waals surface area contributed by atoms with E-state index < -0.39 is 0 Å². The molecule has 0 aliphatic carbocycles. The Morgan fingerprint density at radius 3 is 2.31 bits per heavy atom. The molecule has 0 heterocycles. The Balaban J connectivity index is 4.07. The zero-order chi connectivity index (χ0) is 10.3. The first-order valence-corrected chi connectivity index (χ1v) is 5.52. The molecule has 0 bridgehead atoms. The van der Waals surface area contributed by atoms with Crippen LogP contribution in [0.3, 0.4) is 0 Å². The molecule has 0 fully saturated rings. The summed E-state index contributed by atoms with van der Waals surface area (Å²) in [5.74, 6) is 1.48. The maximum atomic E-state index is 3.39. The van der Waals surface area contributed by atoms with E-state index in [1.54, 1.807) is 0 Å². The average molecular weight is 180 g/mol. The van der Waals surface area contributed by atoms with Crippen LogP contribution in [0.4, 0.5) is 0 Å². The SMILES string of the molecule is CCC(C)C=C=C(C)CC(C)CC. The van der Waals surface area contributed by atoms with Crippen molar-refractivity contribution in [3.8, 4) is 0 Å². The minimum Gasteiger partial charge on any atom is -0.126 e. The molecule has 2 unspecified atom stereocenters. The van der Waals surface area contributed by atoms with Crippen LogP contribution in [0.25, 0.3) is 0 Å². The monoisotopic (exact) mass is 180 g/mol. The number of hydrogen-bond donors (Lipinski definition) is 0. The van der Waals surface area contributed by atoms with Crippen molar-refractivity contribution >= 4 is 0 Å². The Labute approximate surface area is 83.7 Å². The van der Waals surface area contributed by atoms with Crippen LogP contribution in [0.1, 0.15) is 53.9 Å². The first kappa shape index (κ1) is 12.5. The summed E-state index contributed by atoms with van der Waals surface area (Å²) in [5.41, 5.74) is 4.79. The van der Waals surface area contributed by atoms with Gasteiger partial charge in [-0.15, -0.1) is 5.73 Å². The number of hydrogen-bond acceptors (Lipinski definition) is 0. The van der Waals surface area contributed by atoms with Crippen LogP contribution in [0.5, 0.6) is 0 Å². The van der Waals surface area contributed by atoms with Crippen molar-refractivity contribution in [1.82, 2.24) is 0 Å². The van der Waals surface area contributed by atoms with Gasteiger partial charge in [-0.2, -0.15) is 0 Å². The third-order valence-corrected chi connectivity index (χ3v) is 2.61. The summed E-state index contributed by atoms with van der Waals surface area (Å²) >= 11 is 0. The van der Waals surface area contributed by atoms with Gasteiger partial charge in [-0.25, -0.2) is 0 Å². The van der Waals surface area contributed by atoms with Crippen molar-refractivity contribution < 1.29 is 0 Å². The van der Waals surface area contributed by atoms with E-state index in [2.05, 4.69) is 46.4 Å². The van der Waals surface area contributed by atoms with Crippen LogP contribution >= 0.6 is 0 Å². The lowest BCUT2D eigenvalue weighted by Gasteiger charge is -2.06. The van der Waals surface area contributed by atoms with Crippen molar-refractivity contribution in [2.75, 3.05) is 0 Å². The highest BCUT2D eigenvalue weighted by molar-refractivity contribution is 5.00. The molecule has 2 atom stereocenters. The molecule has 76 valence electrons. The van der Waals surface area contributed by atoms with Gasteiger partial charge in [0.05, 0.1) is 0 Å². The van der Waals surface area contributed by atoms with E-state index in [4.69, 9.17) is 0 Å². The summed E-state index contributed by atoms with van der Waals surface area (Å²) in [5, 5.41) is 0. The molecule has 0 rings (SSSR count). The zero-order valence-corrected chi connectivity index (χ0v) is 9.85. The average Bonchev–Trinajstić information content (AvgIpc) is 2.13. The number of allylic oxidation sites excluding steroid dienone is 1. The first-order chi connectivity index (χ1) is 6.10. The fraction of sp³-hybridized carbons (Fsp3) is 0.769. The zero-order valence-electron chi connectivity index (χ0n) is 9.85. The third kappa shape index (κ3) is 6.66. The van der Waals surface area contributed by atoms with Gasteiger partial charge in [0.25, 0.3) is 0 Å². The molecule has 0 radical (unpaired) electrons. The molecule has 0 heteroatoms. The van der Waals surface area contributed by atoms with Gasteiger partial charge in [-0.05, 0) is 43.3 Å². The van der Waals surface area contributed by atoms with Gasteiger partial charge in [-0.3, -0.25) is 0 Å². The molecule has 0 aromatic rings. The summed E-state index contributed by atoms with van der Waals surface area (Å²) in [6.07, 6.45) is 5.88. The Morgan fingerprint density at radius 2 is 1.85 bits per heavy atom. The highest BCUT2D eigenvalue weighted by Crippen LogP contribution is 2.13. The van der Waals surface area contributed by atoms with E-state index in [9.17, 15) is 0 Å². The second-order valence-electron chi connectivity index (χ2n) is 4.19. The van der Waals surface area contributed by atoms with Crippen LogP contribution in [-0.2, 0) is 0 Å². The summed E-state index contributed by atoms with van der Waals surface area (Å²) in [6.45, 7) is 11.2. The Kier molecular flexibility index (Phi) is 6.72. The quantitative estimate of drug-likeness (QED) is 0.544. The molecule has 0 N–H and O–H groups in total. The van der Waals surface area contributed by atoms with E-state index >= 15 is 0 Å². The van der Waals surface area contributed by atoms with Crippen molar-refractivity contribution in [3.05, 3.63) is 17.4 Å². The lowest BCUT2D eigenvalue weighted by atomic mass is 10.00. The largest absolute Gasteiger partial charge is 0.126 e. The normalized spacial score (nSPS) is 14.5. The van der Waals surface area contributed by atoms with Crippen molar-refractivity contribution in [2.45, 2.75) is 53.9 Å². The predicted octanol–water partition coefficient (Wildman–Crippen LogP) is 4.57. The number of rotatable bonds is 5. The van der Waals surface area contributed by atoms with Crippen LogP contribution in [0.15, 0.2) is 17.4 Å². The van der Waals surface area contributed by atoms with Crippen molar-refractivity contribution in [3.63, 3.8) is 0 Å². The molecule has 0 aromatic carbocycles. The smallest absolute Gasteiger partial charge is 0.0189 e. The van der Waals surface area contributed by atoms with Crippen LogP contribution in [0.2, 0.25) is 0 Å². The predicted molar refractivity (Wildman–Crippen MR) is 60.8 cm³/mol. The minimum absolute atomic E-state index is 0.673. The molecular weight excluding hydrogens is 156 g/mol. The van der Waals surface area contributed by atoms with Gasteiger partial charge in [0.2, 0.25) is 0 Å². The Bertz CT molecular complexity index is 182. The van der Waals surface area contributed by atoms with Gasteiger partial charge in [0, 0.05) is 0 Å². The fourth-order valence-corrected chi connectivity index (χ4v) is 1.13. The standard InChI is InChI=1S/C13H24/c1-6-11(3)8-9-13(5)10-12(4)7-2/h8,11-12H,6-7,10H2,1-5H3. The first-order valence-electron chi connectivity index (χ1n) is 5.52. The topological polar surface area (TPSA) is 0 Å². The molecule has 13 heavy (non-hydrogen) atoms. The summed E-state index contributed by atoms with van der Waals surface area (Å²) in [7, 11) is 0. The second kappa shape index (κ2) is 6.97. The van der Waals surface area contributed by atoms with Gasteiger partial charge in [0.1, 0.15) is 0 Å². The molecule has 0 amide bonds. The van der Waals surface area contributed by atoms with E-state index in [0.29, 0.717) is 5.92 Å². The lowest BCUT2D eigenvalue weighted by Crippen LogP contribution is -1.92. The molecule has 0 aliphatic rings. The third-order valence-electron chi connectivity index (χ3n) is 2.61. The molecule has 0 saturated carbocycles. The van der Waals surface area contributed by atoms with Crippen molar-refractivity contribution in [1.29, 1.82) is 0 Å². The van der Waals surface area contributed by atoms with E-state index in [0.717, 1.165) is 5.92 Å². The maximum absolute atomic E-state index is 3.39. The van der Waals surface area contributed by atoms with Gasteiger partial charge >= 0.3 is 0 Å². The second-order valence-corrected chi connectivity index (χ2v) is 4.19. The van der Waals surface area contributed by atoms with Gasteiger partial charge in [0.15, 0.2) is 0 Å². The molecule has 0 aromatic heterocycles. The Morgan fingerprint density at radius 1 is 1.23 bits per heavy atom. The maximum Gasteiger partial charge on any atom is -0.0189 e. The summed E-state index contributed by atoms with van der Waals surface area (Å²) in [6, 6.07) is 0. The van der Waals surface area contributed by atoms with E-state index in [-0.39, 0.29) is 0 Å². The molecule has 0 spiro atoms. The molecule has 0 saturated heterocycles. The van der Waals surface area contributed by atoms with Crippen LogP contribution < -0.4 is 0 Å². The minimum atomic E-state index is 0.673. The summed E-state index contributed by atoms with van der Waals surface area (Å²) < 4.78 is 0. The summed E-state index contributed by atoms with van der Waals surface area (Å²) in [4.78, 5) is 0. The highest BCUT2D eigenvalue weighted by atomic mass is 14.0. The van der Waals surface area contributed by atoms with Gasteiger partial charge in [-0.1, -0.05) is 34.1 Å². The molecule has 0 aliphatic heterocycles. The van der Waals surface area contributed by atoms with E-state index in [1.807, 2.05) is 0 Å². The van der Waals surface area contributed by atoms with Gasteiger partial charge < -0.3 is 0 Å². The lowest BCUT2D eigenvalue weighted by molar-refractivity contribution is 0.557. The molecule has 0 nitrogen and oxygen atoms in total. The fourth-order valence-electron chi connectivity index (χ4n) is 1.13. The van der Waals surface area contributed by atoms with E-state index in [1.165, 1.54) is 24.8 Å².